The largest absolute Gasteiger partial charge is 0.492 e. The van der Waals surface area contributed by atoms with Gasteiger partial charge in [0.15, 0.2) is 0 Å². The fourth-order valence-corrected chi connectivity index (χ4v) is 2.00. The quantitative estimate of drug-likeness (QED) is 0.880. The van der Waals surface area contributed by atoms with Gasteiger partial charge in [0.05, 0.1) is 18.9 Å². The van der Waals surface area contributed by atoms with E-state index in [4.69, 9.17) is 16.3 Å². The Hall–Kier alpha value is -1.58. The molecule has 0 spiro atoms. The minimum Gasteiger partial charge on any atom is -0.492 e. The summed E-state index contributed by atoms with van der Waals surface area (Å²) in [5.74, 6) is 0.694. The highest BCUT2D eigenvalue weighted by Crippen LogP contribution is 2.22. The molecule has 1 heterocycles. The van der Waals surface area contributed by atoms with E-state index in [9.17, 15) is 5.11 Å². The van der Waals surface area contributed by atoms with Crippen molar-refractivity contribution in [1.82, 2.24) is 4.98 Å². The van der Waals surface area contributed by atoms with Crippen LogP contribution < -0.4 is 4.74 Å². The second-order valence-corrected chi connectivity index (χ2v) is 5.09. The summed E-state index contributed by atoms with van der Waals surface area (Å²) in [5, 5.41) is 11.0. The number of aliphatic hydroxyl groups excluding tert-OH is 1. The smallest absolute Gasteiger partial charge is 0.137 e. The molecule has 0 aliphatic heterocycles. The van der Waals surface area contributed by atoms with Crippen LogP contribution in [-0.4, -0.2) is 16.7 Å². The summed E-state index contributed by atoms with van der Waals surface area (Å²) in [6.45, 7) is 2.70. The summed E-state index contributed by atoms with van der Waals surface area (Å²) in [4.78, 5) is 4.11. The Labute approximate surface area is 124 Å². The van der Waals surface area contributed by atoms with E-state index in [0.717, 1.165) is 17.5 Å². The molecule has 0 amide bonds. The van der Waals surface area contributed by atoms with Crippen molar-refractivity contribution in [1.29, 1.82) is 0 Å². The number of benzene rings is 1. The zero-order chi connectivity index (χ0) is 14.4. The van der Waals surface area contributed by atoms with Crippen molar-refractivity contribution < 1.29 is 9.84 Å². The van der Waals surface area contributed by atoms with Gasteiger partial charge in [-0.1, -0.05) is 30.7 Å². The molecule has 0 fully saturated rings. The average Bonchev–Trinajstić information content (AvgIpc) is 2.48. The number of aliphatic hydroxyl groups is 1. The van der Waals surface area contributed by atoms with Crippen LogP contribution in [0.5, 0.6) is 5.75 Å². The van der Waals surface area contributed by atoms with Gasteiger partial charge in [-0.15, -0.1) is 0 Å². The van der Waals surface area contributed by atoms with E-state index >= 15 is 0 Å². The lowest BCUT2D eigenvalue weighted by atomic mass is 10.0. The maximum atomic E-state index is 10.3. The first-order valence-electron chi connectivity index (χ1n) is 6.69. The van der Waals surface area contributed by atoms with Crippen LogP contribution in [-0.2, 0) is 6.42 Å². The van der Waals surface area contributed by atoms with Crippen molar-refractivity contribution in [3.05, 3.63) is 58.9 Å². The minimum absolute atomic E-state index is 0.524. The Kier molecular flexibility index (Phi) is 5.39. The highest BCUT2D eigenvalue weighted by Gasteiger charge is 2.10. The molecule has 0 saturated heterocycles. The van der Waals surface area contributed by atoms with Gasteiger partial charge in [-0.25, -0.2) is 0 Å². The molecule has 1 N–H and O–H groups in total. The summed E-state index contributed by atoms with van der Waals surface area (Å²) in [7, 11) is 0. The average molecular weight is 292 g/mol. The van der Waals surface area contributed by atoms with E-state index in [0.29, 0.717) is 23.8 Å². The lowest BCUT2D eigenvalue weighted by molar-refractivity contribution is 0.177. The molecule has 4 heteroatoms. The Balaban J connectivity index is 2.04. The number of pyridine rings is 1. The Morgan fingerprint density at radius 2 is 2.00 bits per heavy atom. The van der Waals surface area contributed by atoms with Crippen LogP contribution in [0.4, 0.5) is 0 Å². The molecule has 1 atom stereocenters. The van der Waals surface area contributed by atoms with E-state index in [1.54, 1.807) is 12.4 Å². The Bertz CT molecular complexity index is 542. The fourth-order valence-electron chi connectivity index (χ4n) is 1.88. The number of ether oxygens (including phenoxy) is 1. The predicted molar refractivity (Wildman–Crippen MR) is 80.1 cm³/mol. The molecular formula is C16H18ClNO2. The molecule has 2 rings (SSSR count). The molecule has 1 aromatic heterocycles. The Morgan fingerprint density at radius 1 is 1.25 bits per heavy atom. The van der Waals surface area contributed by atoms with E-state index in [1.807, 2.05) is 37.3 Å². The minimum atomic E-state index is -0.603. The standard InChI is InChI=1S/C16H18ClNO2/c1-2-7-20-15-9-13(10-18-11-15)16(19)8-12-3-5-14(17)6-4-12/h3-6,9-11,16,19H,2,7-8H2,1H3. The first-order chi connectivity index (χ1) is 9.69. The third-order valence-electron chi connectivity index (χ3n) is 2.93. The van der Waals surface area contributed by atoms with Gasteiger partial charge in [-0.05, 0) is 30.2 Å². The van der Waals surface area contributed by atoms with Crippen molar-refractivity contribution in [3.8, 4) is 5.75 Å². The number of rotatable bonds is 6. The van der Waals surface area contributed by atoms with Crippen molar-refractivity contribution in [2.45, 2.75) is 25.9 Å². The monoisotopic (exact) mass is 291 g/mol. The van der Waals surface area contributed by atoms with Gasteiger partial charge in [-0.2, -0.15) is 0 Å². The van der Waals surface area contributed by atoms with Crippen molar-refractivity contribution >= 4 is 11.6 Å². The van der Waals surface area contributed by atoms with E-state index in [2.05, 4.69) is 4.98 Å². The van der Waals surface area contributed by atoms with Gasteiger partial charge in [-0.3, -0.25) is 4.98 Å². The third kappa shape index (κ3) is 4.22. The third-order valence-corrected chi connectivity index (χ3v) is 3.19. The first kappa shape index (κ1) is 14.8. The summed E-state index contributed by atoms with van der Waals surface area (Å²) < 4.78 is 5.52. The second-order valence-electron chi connectivity index (χ2n) is 4.65. The maximum absolute atomic E-state index is 10.3. The first-order valence-corrected chi connectivity index (χ1v) is 7.07. The number of nitrogens with zero attached hydrogens (tertiary/aromatic N) is 1. The normalized spacial score (nSPS) is 12.2. The van der Waals surface area contributed by atoms with Gasteiger partial charge in [0.25, 0.3) is 0 Å². The predicted octanol–water partition coefficient (Wildman–Crippen LogP) is 3.80. The SMILES string of the molecule is CCCOc1cncc(C(O)Cc2ccc(Cl)cc2)c1. The molecule has 0 aliphatic rings. The van der Waals surface area contributed by atoms with Crippen LogP contribution in [0.1, 0.15) is 30.6 Å². The van der Waals surface area contributed by atoms with Gasteiger partial charge in [0.1, 0.15) is 5.75 Å². The van der Waals surface area contributed by atoms with Crippen LogP contribution >= 0.6 is 11.6 Å². The van der Waals surface area contributed by atoms with Crippen molar-refractivity contribution in [2.75, 3.05) is 6.61 Å². The number of halogens is 1. The molecule has 1 unspecified atom stereocenters. The van der Waals surface area contributed by atoms with Gasteiger partial charge in [0.2, 0.25) is 0 Å². The molecule has 106 valence electrons. The molecule has 3 nitrogen and oxygen atoms in total. The van der Waals surface area contributed by atoms with Gasteiger partial charge >= 0.3 is 0 Å². The van der Waals surface area contributed by atoms with E-state index in [-0.39, 0.29) is 0 Å². The zero-order valence-electron chi connectivity index (χ0n) is 11.4. The zero-order valence-corrected chi connectivity index (χ0v) is 12.2. The highest BCUT2D eigenvalue weighted by atomic mass is 35.5. The number of hydrogen-bond donors (Lipinski definition) is 1. The second kappa shape index (κ2) is 7.27. The van der Waals surface area contributed by atoms with E-state index in [1.165, 1.54) is 0 Å². The number of aromatic nitrogens is 1. The van der Waals surface area contributed by atoms with Crippen molar-refractivity contribution in [3.63, 3.8) is 0 Å². The molecule has 0 bridgehead atoms. The lowest BCUT2D eigenvalue weighted by Crippen LogP contribution is -2.03. The molecule has 0 saturated carbocycles. The topological polar surface area (TPSA) is 42.4 Å². The number of hydrogen-bond acceptors (Lipinski definition) is 3. The molecule has 20 heavy (non-hydrogen) atoms. The van der Waals surface area contributed by atoms with Crippen LogP contribution in [0.2, 0.25) is 5.02 Å². The van der Waals surface area contributed by atoms with Crippen LogP contribution in [0, 0.1) is 0 Å². The Morgan fingerprint density at radius 3 is 2.70 bits per heavy atom. The summed E-state index contributed by atoms with van der Waals surface area (Å²) in [6, 6.07) is 9.31. The van der Waals surface area contributed by atoms with Gasteiger partial charge < -0.3 is 9.84 Å². The molecule has 2 aromatic rings. The van der Waals surface area contributed by atoms with Crippen LogP contribution in [0.15, 0.2) is 42.7 Å². The summed E-state index contributed by atoms with van der Waals surface area (Å²) in [6.07, 6.45) is 4.19. The highest BCUT2D eigenvalue weighted by molar-refractivity contribution is 6.30. The van der Waals surface area contributed by atoms with Crippen molar-refractivity contribution in [2.24, 2.45) is 0 Å². The molecular weight excluding hydrogens is 274 g/mol. The lowest BCUT2D eigenvalue weighted by Gasteiger charge is -2.12. The van der Waals surface area contributed by atoms with Gasteiger partial charge in [0, 0.05) is 23.2 Å². The van der Waals surface area contributed by atoms with Crippen LogP contribution in [0.3, 0.4) is 0 Å². The summed E-state index contributed by atoms with van der Waals surface area (Å²) in [5.41, 5.74) is 1.79. The van der Waals surface area contributed by atoms with E-state index < -0.39 is 6.10 Å². The fraction of sp³-hybridized carbons (Fsp3) is 0.312. The molecule has 1 aromatic carbocycles. The summed E-state index contributed by atoms with van der Waals surface area (Å²) >= 11 is 5.85. The molecule has 0 radical (unpaired) electrons. The maximum Gasteiger partial charge on any atom is 0.137 e. The molecule has 0 aliphatic carbocycles. The van der Waals surface area contributed by atoms with Crippen LogP contribution in [0.25, 0.3) is 0 Å².